The summed E-state index contributed by atoms with van der Waals surface area (Å²) in [5.41, 5.74) is 7.95. The minimum atomic E-state index is 0.946. The Morgan fingerprint density at radius 1 is 0.380 bits per heavy atom. The van der Waals surface area contributed by atoms with Gasteiger partial charge in [0.15, 0.2) is 5.13 Å². The van der Waals surface area contributed by atoms with Crippen molar-refractivity contribution in [2.75, 3.05) is 4.90 Å². The van der Waals surface area contributed by atoms with Crippen LogP contribution in [0.25, 0.3) is 75.6 Å². The molecule has 0 fully saturated rings. The number of aromatic nitrogens is 1. The third kappa shape index (κ3) is 4.82. The molecule has 0 bridgehead atoms. The van der Waals surface area contributed by atoms with Crippen molar-refractivity contribution in [2.45, 2.75) is 0 Å². The van der Waals surface area contributed by atoms with Gasteiger partial charge in [-0.1, -0.05) is 157 Å². The first-order chi connectivity index (χ1) is 24.8. The van der Waals surface area contributed by atoms with Crippen LogP contribution in [0.5, 0.6) is 0 Å². The molecule has 0 saturated heterocycles. The molecule has 9 aromatic carbocycles. The Hall–Kier alpha value is -6.29. The van der Waals surface area contributed by atoms with Gasteiger partial charge in [-0.3, -0.25) is 4.90 Å². The maximum atomic E-state index is 5.20. The van der Waals surface area contributed by atoms with E-state index in [2.05, 4.69) is 187 Å². The summed E-state index contributed by atoms with van der Waals surface area (Å²) in [6.07, 6.45) is 0. The third-order valence-electron chi connectivity index (χ3n) is 9.88. The molecule has 0 N–H and O–H groups in total. The summed E-state index contributed by atoms with van der Waals surface area (Å²) in [7, 11) is 0. The number of thiazole rings is 1. The van der Waals surface area contributed by atoms with Gasteiger partial charge < -0.3 is 0 Å². The van der Waals surface area contributed by atoms with E-state index in [-0.39, 0.29) is 0 Å². The molecule has 50 heavy (non-hydrogen) atoms. The van der Waals surface area contributed by atoms with Gasteiger partial charge in [0.05, 0.1) is 10.2 Å². The molecule has 2 nitrogen and oxygen atoms in total. The number of rotatable bonds is 5. The highest BCUT2D eigenvalue weighted by atomic mass is 32.1. The Bertz CT molecular complexity index is 2850. The van der Waals surface area contributed by atoms with Crippen LogP contribution < -0.4 is 4.90 Å². The molecule has 1 aromatic heterocycles. The Morgan fingerprint density at radius 2 is 0.900 bits per heavy atom. The van der Waals surface area contributed by atoms with Gasteiger partial charge in [0.25, 0.3) is 0 Å². The largest absolute Gasteiger partial charge is 0.286 e. The second kappa shape index (κ2) is 11.7. The normalized spacial score (nSPS) is 11.6. The summed E-state index contributed by atoms with van der Waals surface area (Å²) in [5, 5.41) is 11.1. The molecule has 3 heteroatoms. The van der Waals surface area contributed by atoms with E-state index in [1.165, 1.54) is 70.0 Å². The van der Waals surface area contributed by atoms with Crippen molar-refractivity contribution in [2.24, 2.45) is 0 Å². The Balaban J connectivity index is 1.07. The van der Waals surface area contributed by atoms with Crippen molar-refractivity contribution in [1.82, 2.24) is 4.98 Å². The summed E-state index contributed by atoms with van der Waals surface area (Å²) in [6, 6.07) is 65.7. The Morgan fingerprint density at radius 3 is 1.64 bits per heavy atom. The highest BCUT2D eigenvalue weighted by molar-refractivity contribution is 7.23. The maximum Gasteiger partial charge on any atom is 0.195 e. The summed E-state index contributed by atoms with van der Waals surface area (Å²) in [5.74, 6) is 0. The Labute approximate surface area is 294 Å². The second-order valence-electron chi connectivity index (χ2n) is 12.8. The van der Waals surface area contributed by atoms with Crippen LogP contribution in [0.1, 0.15) is 0 Å². The molecular weight excluding hydrogens is 625 g/mol. The molecule has 0 aliphatic carbocycles. The number of fused-ring (bicyclic) bond motifs is 8. The van der Waals surface area contributed by atoms with Gasteiger partial charge in [0.2, 0.25) is 0 Å². The van der Waals surface area contributed by atoms with Crippen molar-refractivity contribution in [3.05, 3.63) is 182 Å². The first-order valence-electron chi connectivity index (χ1n) is 17.0. The molecule has 10 aromatic rings. The molecule has 0 atom stereocenters. The number of hydrogen-bond acceptors (Lipinski definition) is 3. The van der Waals surface area contributed by atoms with Crippen molar-refractivity contribution in [3.8, 4) is 22.3 Å². The van der Waals surface area contributed by atoms with E-state index in [9.17, 15) is 0 Å². The summed E-state index contributed by atoms with van der Waals surface area (Å²) in [4.78, 5) is 7.49. The monoisotopic (exact) mass is 654 g/mol. The lowest BCUT2D eigenvalue weighted by Gasteiger charge is -2.23. The zero-order valence-electron chi connectivity index (χ0n) is 27.1. The molecule has 0 aliphatic heterocycles. The minimum Gasteiger partial charge on any atom is -0.286 e. The van der Waals surface area contributed by atoms with Crippen molar-refractivity contribution >= 4 is 81.1 Å². The maximum absolute atomic E-state index is 5.20. The smallest absolute Gasteiger partial charge is 0.195 e. The molecule has 0 aliphatic rings. The van der Waals surface area contributed by atoms with Crippen LogP contribution in [-0.4, -0.2) is 4.98 Å². The highest BCUT2D eigenvalue weighted by Gasteiger charge is 2.19. The first kappa shape index (κ1) is 28.7. The molecule has 0 unspecified atom stereocenters. The number of nitrogens with zero attached hydrogens (tertiary/aromatic N) is 2. The lowest BCUT2D eigenvalue weighted by molar-refractivity contribution is 1.25. The van der Waals surface area contributed by atoms with E-state index in [0.717, 1.165) is 22.0 Å². The van der Waals surface area contributed by atoms with Crippen molar-refractivity contribution in [1.29, 1.82) is 0 Å². The predicted octanol–water partition coefficient (Wildman–Crippen LogP) is 13.7. The number of anilines is 3. The van der Waals surface area contributed by atoms with Gasteiger partial charge in [-0.2, -0.15) is 0 Å². The highest BCUT2D eigenvalue weighted by Crippen LogP contribution is 2.42. The number of hydrogen-bond donors (Lipinski definition) is 0. The van der Waals surface area contributed by atoms with E-state index in [1.54, 1.807) is 11.3 Å². The van der Waals surface area contributed by atoms with Gasteiger partial charge in [-0.05, 0) is 96.4 Å². The average molecular weight is 655 g/mol. The van der Waals surface area contributed by atoms with Crippen LogP contribution in [-0.2, 0) is 0 Å². The van der Waals surface area contributed by atoms with Gasteiger partial charge >= 0.3 is 0 Å². The lowest BCUT2D eigenvalue weighted by atomic mass is 9.94. The fraction of sp³-hybridized carbons (Fsp3) is 0. The fourth-order valence-electron chi connectivity index (χ4n) is 7.36. The average Bonchev–Trinajstić information content (AvgIpc) is 3.63. The van der Waals surface area contributed by atoms with E-state index in [4.69, 9.17) is 4.98 Å². The number of benzene rings is 9. The van der Waals surface area contributed by atoms with Crippen LogP contribution in [0.4, 0.5) is 16.5 Å². The zero-order chi connectivity index (χ0) is 33.0. The van der Waals surface area contributed by atoms with Crippen LogP contribution in [0.15, 0.2) is 182 Å². The molecule has 0 amide bonds. The minimum absolute atomic E-state index is 0.946. The zero-order valence-corrected chi connectivity index (χ0v) is 27.9. The predicted molar refractivity (Wildman–Crippen MR) is 215 cm³/mol. The summed E-state index contributed by atoms with van der Waals surface area (Å²) in [6.45, 7) is 0. The van der Waals surface area contributed by atoms with Crippen LogP contribution in [0.2, 0.25) is 0 Å². The molecule has 10 rings (SSSR count). The van der Waals surface area contributed by atoms with Gasteiger partial charge in [-0.25, -0.2) is 4.98 Å². The van der Waals surface area contributed by atoms with Crippen LogP contribution >= 0.6 is 11.3 Å². The van der Waals surface area contributed by atoms with Gasteiger partial charge in [0.1, 0.15) is 0 Å². The quantitative estimate of drug-likeness (QED) is 0.172. The lowest BCUT2D eigenvalue weighted by Crippen LogP contribution is -2.09. The first-order valence-corrected chi connectivity index (χ1v) is 17.8. The molecule has 0 radical (unpaired) electrons. The molecule has 0 saturated carbocycles. The topological polar surface area (TPSA) is 16.1 Å². The molecule has 234 valence electrons. The standard InChI is InChI=1S/C47H30N2S/c1-2-8-31(9-3-1)32-18-24-39(25-19-32)49(47-48-44-29-23-35-11-5-7-13-43(35)46(44)50-47)40-26-20-33(21-27-40)37-22-28-42-38(30-37)17-16-36-15-14-34-10-4-6-12-41(34)45(36)42/h1-30H. The van der Waals surface area contributed by atoms with E-state index >= 15 is 0 Å². The van der Waals surface area contributed by atoms with E-state index in [1.807, 2.05) is 0 Å². The SMILES string of the molecule is c1ccc(-c2ccc(N(c3ccc(-c4ccc5c(ccc6ccc7ccccc7c65)c4)cc3)c3nc4ccc5ccccc5c4s3)cc2)cc1. The molecule has 1 heterocycles. The van der Waals surface area contributed by atoms with Crippen molar-refractivity contribution < 1.29 is 0 Å². The van der Waals surface area contributed by atoms with Crippen LogP contribution in [0, 0.1) is 0 Å². The summed E-state index contributed by atoms with van der Waals surface area (Å²) >= 11 is 1.74. The second-order valence-corrected chi connectivity index (χ2v) is 13.8. The van der Waals surface area contributed by atoms with Crippen LogP contribution in [0.3, 0.4) is 0 Å². The van der Waals surface area contributed by atoms with Crippen molar-refractivity contribution in [3.63, 3.8) is 0 Å². The fourth-order valence-corrected chi connectivity index (χ4v) is 8.50. The van der Waals surface area contributed by atoms with Gasteiger partial charge in [0, 0.05) is 16.8 Å². The van der Waals surface area contributed by atoms with E-state index in [0.29, 0.717) is 0 Å². The summed E-state index contributed by atoms with van der Waals surface area (Å²) < 4.78 is 1.21. The van der Waals surface area contributed by atoms with E-state index < -0.39 is 0 Å². The molecule has 0 spiro atoms. The van der Waals surface area contributed by atoms with Gasteiger partial charge in [-0.15, -0.1) is 0 Å². The Kier molecular flexibility index (Phi) is 6.71. The third-order valence-corrected chi connectivity index (χ3v) is 11.0. The molecular formula is C47H30N2S.